The number of alkyl carbamates (subject to hydrolysis) is 1. The number of hydrogen-bond acceptors (Lipinski definition) is 20. The van der Waals surface area contributed by atoms with Gasteiger partial charge in [-0.25, -0.2) is 24.9 Å². The summed E-state index contributed by atoms with van der Waals surface area (Å²) in [5.74, 6) is 7.48. The number of aromatic amines is 3. The highest BCUT2D eigenvalue weighted by molar-refractivity contribution is 6.15. The molecule has 18 rings (SSSR count). The molecular weight excluding hydrogens is 1440 g/mol. The van der Waals surface area contributed by atoms with Gasteiger partial charge in [0.1, 0.15) is 56.5 Å². The van der Waals surface area contributed by atoms with Crippen molar-refractivity contribution in [1.82, 2.24) is 70.6 Å². The molecule has 6 heterocycles. The van der Waals surface area contributed by atoms with Gasteiger partial charge in [-0.2, -0.15) is 30.6 Å². The maximum Gasteiger partial charge on any atom is 0.407 e. The largest absolute Gasteiger partial charge is 0.490 e. The normalized spacial score (nSPS) is 26.4. The molecule has 0 aliphatic heterocycles. The lowest BCUT2D eigenvalue weighted by Gasteiger charge is -2.30. The van der Waals surface area contributed by atoms with E-state index in [1.165, 1.54) is 44.6 Å². The van der Waals surface area contributed by atoms with Gasteiger partial charge in [-0.15, -0.1) is 11.6 Å². The van der Waals surface area contributed by atoms with Crippen molar-refractivity contribution in [1.29, 1.82) is 0 Å². The molecule has 30 heteroatoms. The molecule has 9 fully saturated rings. The van der Waals surface area contributed by atoms with E-state index in [1.807, 2.05) is 103 Å². The number of carboxylic acid groups (broad SMARTS) is 1. The Morgan fingerprint density at radius 1 is 0.477 bits per heavy atom. The first-order valence-electron chi connectivity index (χ1n) is 39.0. The first-order chi connectivity index (χ1) is 53.5. The monoisotopic (exact) mass is 1540 g/mol. The molecule has 6 atom stereocenters. The van der Waals surface area contributed by atoms with Gasteiger partial charge in [0.15, 0.2) is 17.5 Å². The molecular formula is C81H101ClN18O11. The number of nitrogen functional groups attached to an aromatic ring is 3. The van der Waals surface area contributed by atoms with Crippen molar-refractivity contribution in [2.24, 2.45) is 41.2 Å². The molecule has 0 saturated heterocycles. The molecule has 111 heavy (non-hydrogen) atoms. The molecule has 6 aromatic heterocycles. The molecule has 0 bridgehead atoms. The molecule has 0 spiro atoms. The van der Waals surface area contributed by atoms with Gasteiger partial charge in [-0.05, 0) is 270 Å². The third-order valence-corrected chi connectivity index (χ3v) is 23.5. The van der Waals surface area contributed by atoms with Gasteiger partial charge in [0.25, 0.3) is 16.7 Å². The average Bonchev–Trinajstić information content (AvgIpc) is 1.61. The van der Waals surface area contributed by atoms with Gasteiger partial charge in [0.2, 0.25) is 5.91 Å². The van der Waals surface area contributed by atoms with E-state index in [4.69, 9.17) is 62.3 Å². The minimum Gasteiger partial charge on any atom is -0.490 e. The van der Waals surface area contributed by atoms with Crippen LogP contribution in [0.5, 0.6) is 17.2 Å². The molecule has 9 saturated carbocycles. The second kappa shape index (κ2) is 32.8. The number of fused-ring (bicyclic) bond motifs is 6. The Kier molecular flexibility index (Phi) is 22.8. The topological polar surface area (TPSA) is 427 Å². The Balaban J connectivity index is 0.000000133. The van der Waals surface area contributed by atoms with E-state index in [2.05, 4.69) is 66.0 Å². The quantitative estimate of drug-likeness (QED) is 0.0317. The first kappa shape index (κ1) is 77.2. The standard InChI is InChI=1S/C28H36N6O4.C26H30N6O3.C23H28N6O2.C3H4O2.CH3Cl/c1-28(2,3)38-27(36)30-18-6-8-19(9-7-18)34-24-22(25(29)31-32-26(24)35)23(33-34)15-4-10-20(11-5-15)37-21-13-16-12-17(16)14-21;1-2-21(33)28-17-5-7-18(8-6-17)32-24-22(25(27)29-30-26(24)34)23(31-32)14-3-9-19(10-4-14)35-20-12-15-11-16(15)13-20;24-15-3-5-16(6-4-15)29-21-19(22(25)26-27-23(21)30)20(28-29)12-1-7-17(8-2-12)31-18-10-13-9-14(13)11-18;1-2-3(4)5;1-2/h4-5,10-11,16-19,21H,6-9,12-14H2,1-3H3,(H2,29,31)(H,30,36)(H,32,35);2-4,9-10,15-18,20H,1,5-8,11-13H2,(H2,27,29)(H,28,33)(H,30,34);1-2,7-8,13-16,18H,3-6,9-11,24H2,(H2,25,26)(H,27,30);2H,1H2,(H,4,5);1H3. The Bertz CT molecular complexity index is 5030. The molecule has 9 aromatic rings. The lowest BCUT2D eigenvalue weighted by atomic mass is 9.91. The van der Waals surface area contributed by atoms with Crippen LogP contribution in [0.4, 0.5) is 22.2 Å². The number of carbonyl (C=O) groups excluding carboxylic acids is 2. The minimum absolute atomic E-state index is 0.00208. The van der Waals surface area contributed by atoms with Crippen molar-refractivity contribution in [3.05, 3.63) is 129 Å². The van der Waals surface area contributed by atoms with Gasteiger partial charge < -0.3 is 57.6 Å². The number of nitrogens with two attached hydrogens (primary N) is 4. The number of rotatable bonds is 16. The maximum absolute atomic E-state index is 12.9. The van der Waals surface area contributed by atoms with Crippen molar-refractivity contribution in [2.45, 2.75) is 216 Å². The summed E-state index contributed by atoms with van der Waals surface area (Å²) >= 11 is 4.64. The fourth-order valence-corrected chi connectivity index (χ4v) is 17.7. The second-order valence-corrected chi connectivity index (χ2v) is 32.3. The average molecular weight is 1540 g/mol. The van der Waals surface area contributed by atoms with Crippen LogP contribution in [-0.2, 0) is 14.3 Å². The minimum atomic E-state index is -0.981. The van der Waals surface area contributed by atoms with E-state index in [9.17, 15) is 28.8 Å². The summed E-state index contributed by atoms with van der Waals surface area (Å²) in [7, 11) is 0. The van der Waals surface area contributed by atoms with Crippen LogP contribution in [0.2, 0.25) is 0 Å². The fourth-order valence-electron chi connectivity index (χ4n) is 17.7. The number of nitrogens with one attached hydrogen (secondary N) is 5. The van der Waals surface area contributed by atoms with Gasteiger partial charge in [0.05, 0.1) is 52.6 Å². The number of ether oxygens (including phenoxy) is 4. The summed E-state index contributed by atoms with van der Waals surface area (Å²) in [5, 5.41) is 49.5. The molecule has 0 radical (unpaired) electrons. The number of anilines is 3. The Labute approximate surface area is 646 Å². The predicted octanol–water partition coefficient (Wildman–Crippen LogP) is 12.0. The summed E-state index contributed by atoms with van der Waals surface area (Å²) in [6.45, 7) is 12.0. The molecule has 2 amide bonds. The van der Waals surface area contributed by atoms with Crippen LogP contribution in [0.25, 0.3) is 66.5 Å². The number of aromatic nitrogens is 12. The van der Waals surface area contributed by atoms with Crippen LogP contribution in [0, 0.1) is 35.5 Å². The van der Waals surface area contributed by atoms with Gasteiger partial charge in [-0.1, -0.05) is 13.2 Å². The Morgan fingerprint density at radius 2 is 0.766 bits per heavy atom. The summed E-state index contributed by atoms with van der Waals surface area (Å²) < 4.78 is 29.4. The van der Waals surface area contributed by atoms with Gasteiger partial charge in [-0.3, -0.25) is 33.2 Å². The number of aliphatic carboxylic acids is 1. The highest BCUT2D eigenvalue weighted by Gasteiger charge is 2.49. The van der Waals surface area contributed by atoms with E-state index < -0.39 is 17.7 Å². The zero-order chi connectivity index (χ0) is 78.1. The van der Waals surface area contributed by atoms with Crippen LogP contribution < -0.4 is 64.5 Å². The van der Waals surface area contributed by atoms with Crippen LogP contribution in [0.15, 0.2) is 112 Å². The van der Waals surface area contributed by atoms with E-state index in [1.54, 1.807) is 4.68 Å². The number of H-pyrrole nitrogens is 3. The van der Waals surface area contributed by atoms with Crippen molar-refractivity contribution in [2.75, 3.05) is 23.6 Å². The molecule has 588 valence electrons. The molecule has 14 N–H and O–H groups in total. The second-order valence-electron chi connectivity index (χ2n) is 32.3. The summed E-state index contributed by atoms with van der Waals surface area (Å²) in [5.41, 5.74) is 29.3. The van der Waals surface area contributed by atoms with Crippen molar-refractivity contribution in [3.63, 3.8) is 0 Å². The zero-order valence-electron chi connectivity index (χ0n) is 63.2. The summed E-state index contributed by atoms with van der Waals surface area (Å²) in [4.78, 5) is 71.6. The Morgan fingerprint density at radius 3 is 1.05 bits per heavy atom. The lowest BCUT2D eigenvalue weighted by Crippen LogP contribution is -2.41. The van der Waals surface area contributed by atoms with E-state index in [-0.39, 0.29) is 76.3 Å². The zero-order valence-corrected chi connectivity index (χ0v) is 64.0. The number of amides is 2. The molecule has 3 aromatic carbocycles. The van der Waals surface area contributed by atoms with Gasteiger partial charge in [0, 0.05) is 47.3 Å². The van der Waals surface area contributed by atoms with Crippen molar-refractivity contribution in [3.8, 4) is 51.0 Å². The number of halogens is 1. The van der Waals surface area contributed by atoms with Crippen molar-refractivity contribution >= 4 is 79.7 Å². The van der Waals surface area contributed by atoms with Gasteiger partial charge >= 0.3 is 12.1 Å². The SMILES string of the molecule is C=CC(=O)NC1CCC(n2nc(-c3ccc(OC4CC5CC5C4)cc3)c3c(N)n[nH]c(=O)c32)CC1.C=CC(=O)O.CC(C)(C)OC(=O)NC1CCC(n2nc(-c3ccc(OC4CC5CC5C4)cc3)c3c(N)n[nH]c(=O)c32)CC1.CCl.Nc1n[nH]c(=O)c2c1c(-c1ccc(OC3CC4CC4C3)cc1)nn2C1CCC(N)CC1. The smallest absolute Gasteiger partial charge is 0.407 e. The van der Waals surface area contributed by atoms with Crippen LogP contribution in [-0.4, -0.2) is 131 Å². The van der Waals surface area contributed by atoms with Crippen LogP contribution >= 0.6 is 11.6 Å². The first-order valence-corrected chi connectivity index (χ1v) is 39.7. The van der Waals surface area contributed by atoms with Crippen LogP contribution in [0.1, 0.15) is 174 Å². The highest BCUT2D eigenvalue weighted by Crippen LogP contribution is 2.55. The number of hydrogen-bond donors (Lipinski definition) is 10. The third-order valence-electron chi connectivity index (χ3n) is 23.5. The number of benzene rings is 3. The number of nitrogens with zero attached hydrogens (tertiary/aromatic N) is 9. The van der Waals surface area contributed by atoms with E-state index in [0.29, 0.717) is 68.1 Å². The van der Waals surface area contributed by atoms with E-state index in [0.717, 1.165) is 178 Å². The molecule has 9 aliphatic carbocycles. The molecule has 29 nitrogen and oxygen atoms in total. The number of carboxylic acids is 1. The fraction of sp³-hybridized carbons (Fsp3) is 0.506. The predicted molar refractivity (Wildman–Crippen MR) is 425 cm³/mol. The number of carbonyl (C=O) groups is 3. The molecule has 9 aliphatic rings. The van der Waals surface area contributed by atoms with Crippen molar-refractivity contribution < 1.29 is 38.4 Å². The third kappa shape index (κ3) is 17.6. The maximum atomic E-state index is 12.9. The number of alkyl halides is 1. The van der Waals surface area contributed by atoms with Crippen LogP contribution in [0.3, 0.4) is 0 Å². The lowest BCUT2D eigenvalue weighted by molar-refractivity contribution is -0.131. The Hall–Kier alpha value is -10.6. The highest BCUT2D eigenvalue weighted by atomic mass is 35.5. The van der Waals surface area contributed by atoms with E-state index >= 15 is 0 Å². The summed E-state index contributed by atoms with van der Waals surface area (Å²) in [6, 6.07) is 24.2. The molecule has 6 unspecified atom stereocenters. The summed E-state index contributed by atoms with van der Waals surface area (Å²) in [6.07, 6.45) is 25.1.